The van der Waals surface area contributed by atoms with Crippen LogP contribution in [-0.4, -0.2) is 16.8 Å². The van der Waals surface area contributed by atoms with Gasteiger partial charge in [0.05, 0.1) is 5.54 Å². The van der Waals surface area contributed by atoms with Gasteiger partial charge in [-0.25, -0.2) is 8.78 Å². The van der Waals surface area contributed by atoms with Gasteiger partial charge in [0.2, 0.25) is 5.91 Å². The van der Waals surface area contributed by atoms with E-state index in [-0.39, 0.29) is 23.8 Å². The topological polar surface area (TPSA) is 97.1 Å². The highest BCUT2D eigenvalue weighted by atomic mass is 19.1. The van der Waals surface area contributed by atoms with E-state index in [0.29, 0.717) is 16.8 Å². The van der Waals surface area contributed by atoms with Gasteiger partial charge in [0.1, 0.15) is 11.6 Å². The Hall–Kier alpha value is -3.65. The van der Waals surface area contributed by atoms with Crippen molar-refractivity contribution in [3.8, 4) is 0 Å². The summed E-state index contributed by atoms with van der Waals surface area (Å²) in [6, 6.07) is 12.6. The molecule has 6 nitrogen and oxygen atoms in total. The Bertz CT molecular complexity index is 1100. The Morgan fingerprint density at radius 1 is 1.03 bits per heavy atom. The molecule has 0 fully saturated rings. The number of amides is 2. The van der Waals surface area contributed by atoms with E-state index < -0.39 is 23.2 Å². The van der Waals surface area contributed by atoms with Crippen LogP contribution in [0.4, 0.5) is 14.5 Å². The highest BCUT2D eigenvalue weighted by molar-refractivity contribution is 6.04. The van der Waals surface area contributed by atoms with Gasteiger partial charge in [-0.15, -0.1) is 0 Å². The molecule has 0 radical (unpaired) electrons. The SMILES string of the molecule is CC(C)(NC(=O)CC(N)c1ccc(C(=O)Nc2ccncc2)cc1)c1ccc(F)cc1F. The molecule has 166 valence electrons. The first kappa shape index (κ1) is 23.0. The Morgan fingerprint density at radius 3 is 2.31 bits per heavy atom. The largest absolute Gasteiger partial charge is 0.347 e. The molecule has 0 saturated carbocycles. The molecular formula is C24H24F2N4O2. The molecule has 0 saturated heterocycles. The number of anilines is 1. The van der Waals surface area contributed by atoms with E-state index >= 15 is 0 Å². The van der Waals surface area contributed by atoms with Crippen molar-refractivity contribution in [2.75, 3.05) is 5.32 Å². The average Bonchev–Trinajstić information content (AvgIpc) is 2.73. The van der Waals surface area contributed by atoms with Crippen molar-refractivity contribution in [2.45, 2.75) is 31.8 Å². The molecule has 1 unspecified atom stereocenters. The van der Waals surface area contributed by atoms with E-state index in [1.54, 1.807) is 62.6 Å². The molecule has 2 aromatic carbocycles. The lowest BCUT2D eigenvalue weighted by atomic mass is 9.93. The molecule has 1 heterocycles. The van der Waals surface area contributed by atoms with Crippen LogP contribution >= 0.6 is 0 Å². The Balaban J connectivity index is 1.60. The van der Waals surface area contributed by atoms with Crippen LogP contribution in [-0.2, 0) is 10.3 Å². The Labute approximate surface area is 184 Å². The predicted molar refractivity (Wildman–Crippen MR) is 118 cm³/mol. The zero-order chi connectivity index (χ0) is 23.3. The summed E-state index contributed by atoms with van der Waals surface area (Å²) in [4.78, 5) is 28.7. The molecule has 32 heavy (non-hydrogen) atoms. The second-order valence-corrected chi connectivity index (χ2v) is 7.92. The third-order valence-electron chi connectivity index (χ3n) is 5.00. The normalized spacial score (nSPS) is 12.2. The lowest BCUT2D eigenvalue weighted by molar-refractivity contribution is -0.123. The van der Waals surface area contributed by atoms with Gasteiger partial charge in [-0.2, -0.15) is 0 Å². The number of carbonyl (C=O) groups is 2. The van der Waals surface area contributed by atoms with E-state index in [1.165, 1.54) is 6.07 Å². The maximum absolute atomic E-state index is 14.1. The minimum Gasteiger partial charge on any atom is -0.347 e. The first-order chi connectivity index (χ1) is 15.2. The molecule has 3 aromatic rings. The van der Waals surface area contributed by atoms with Crippen LogP contribution in [0, 0.1) is 11.6 Å². The van der Waals surface area contributed by atoms with Crippen LogP contribution in [0.5, 0.6) is 0 Å². The van der Waals surface area contributed by atoms with Crippen LogP contribution in [0.2, 0.25) is 0 Å². The van der Waals surface area contributed by atoms with Gasteiger partial charge >= 0.3 is 0 Å². The van der Waals surface area contributed by atoms with Crippen LogP contribution < -0.4 is 16.4 Å². The number of hydrogen-bond donors (Lipinski definition) is 3. The summed E-state index contributed by atoms with van der Waals surface area (Å²) < 4.78 is 27.3. The fourth-order valence-electron chi connectivity index (χ4n) is 3.30. The molecule has 1 aromatic heterocycles. The smallest absolute Gasteiger partial charge is 0.255 e. The number of carbonyl (C=O) groups excluding carboxylic acids is 2. The first-order valence-electron chi connectivity index (χ1n) is 9.99. The number of nitrogens with one attached hydrogen (secondary N) is 2. The maximum Gasteiger partial charge on any atom is 0.255 e. The van der Waals surface area contributed by atoms with Gasteiger partial charge in [-0.3, -0.25) is 14.6 Å². The Morgan fingerprint density at radius 2 is 1.69 bits per heavy atom. The number of nitrogens with two attached hydrogens (primary N) is 1. The number of halogens is 2. The molecule has 0 aliphatic carbocycles. The summed E-state index contributed by atoms with van der Waals surface area (Å²) >= 11 is 0. The van der Waals surface area contributed by atoms with Gasteiger partial charge in [0, 0.05) is 47.7 Å². The molecule has 8 heteroatoms. The monoisotopic (exact) mass is 438 g/mol. The third-order valence-corrected chi connectivity index (χ3v) is 5.00. The number of hydrogen-bond acceptors (Lipinski definition) is 4. The van der Waals surface area contributed by atoms with Gasteiger partial charge < -0.3 is 16.4 Å². The van der Waals surface area contributed by atoms with Crippen LogP contribution in [0.3, 0.4) is 0 Å². The average molecular weight is 438 g/mol. The summed E-state index contributed by atoms with van der Waals surface area (Å²) in [5.74, 6) is -2.09. The van der Waals surface area contributed by atoms with Crippen molar-refractivity contribution in [2.24, 2.45) is 5.73 Å². The maximum atomic E-state index is 14.1. The Kier molecular flexibility index (Phi) is 6.95. The number of benzene rings is 2. The van der Waals surface area contributed by atoms with Gasteiger partial charge in [-0.05, 0) is 49.7 Å². The van der Waals surface area contributed by atoms with Crippen molar-refractivity contribution in [3.05, 3.63) is 95.3 Å². The number of aromatic nitrogens is 1. The molecule has 1 atom stereocenters. The number of nitrogens with zero attached hydrogens (tertiary/aromatic N) is 1. The minimum absolute atomic E-state index is 0.0468. The zero-order valence-corrected chi connectivity index (χ0v) is 17.7. The van der Waals surface area contributed by atoms with E-state index in [4.69, 9.17) is 5.73 Å². The number of pyridine rings is 1. The fourth-order valence-corrected chi connectivity index (χ4v) is 3.30. The molecule has 0 spiro atoms. The first-order valence-corrected chi connectivity index (χ1v) is 9.99. The van der Waals surface area contributed by atoms with Crippen molar-refractivity contribution >= 4 is 17.5 Å². The van der Waals surface area contributed by atoms with Gasteiger partial charge in [-0.1, -0.05) is 18.2 Å². The van der Waals surface area contributed by atoms with Crippen molar-refractivity contribution in [1.29, 1.82) is 0 Å². The lowest BCUT2D eigenvalue weighted by Crippen LogP contribution is -2.42. The third kappa shape index (κ3) is 5.73. The fraction of sp³-hybridized carbons (Fsp3) is 0.208. The minimum atomic E-state index is -1.05. The summed E-state index contributed by atoms with van der Waals surface area (Å²) in [6.45, 7) is 3.26. The quantitative estimate of drug-likeness (QED) is 0.518. The van der Waals surface area contributed by atoms with Gasteiger partial charge in [0.15, 0.2) is 0 Å². The highest BCUT2D eigenvalue weighted by Gasteiger charge is 2.27. The van der Waals surface area contributed by atoms with E-state index in [1.807, 2.05) is 0 Å². The molecule has 4 N–H and O–H groups in total. The van der Waals surface area contributed by atoms with Crippen LogP contribution in [0.25, 0.3) is 0 Å². The van der Waals surface area contributed by atoms with Gasteiger partial charge in [0.25, 0.3) is 5.91 Å². The molecule has 0 aliphatic rings. The van der Waals surface area contributed by atoms with Crippen molar-refractivity contribution < 1.29 is 18.4 Å². The molecule has 3 rings (SSSR count). The summed E-state index contributed by atoms with van der Waals surface area (Å²) in [5, 5.41) is 5.50. The summed E-state index contributed by atoms with van der Waals surface area (Å²) in [5.41, 5.74) is 7.02. The van der Waals surface area contributed by atoms with Crippen molar-refractivity contribution in [3.63, 3.8) is 0 Å². The second-order valence-electron chi connectivity index (χ2n) is 7.92. The number of rotatable bonds is 7. The highest BCUT2D eigenvalue weighted by Crippen LogP contribution is 2.25. The predicted octanol–water partition coefficient (Wildman–Crippen LogP) is 4.05. The second kappa shape index (κ2) is 9.65. The van der Waals surface area contributed by atoms with Crippen LogP contribution in [0.1, 0.15) is 47.8 Å². The lowest BCUT2D eigenvalue weighted by Gasteiger charge is -2.28. The van der Waals surface area contributed by atoms with Crippen molar-refractivity contribution in [1.82, 2.24) is 10.3 Å². The van der Waals surface area contributed by atoms with E-state index in [9.17, 15) is 18.4 Å². The summed E-state index contributed by atoms with van der Waals surface area (Å²) in [7, 11) is 0. The molecule has 0 bridgehead atoms. The molecular weight excluding hydrogens is 414 g/mol. The summed E-state index contributed by atoms with van der Waals surface area (Å²) in [6.07, 6.45) is 3.11. The molecule has 2 amide bonds. The van der Waals surface area contributed by atoms with E-state index in [2.05, 4.69) is 15.6 Å². The standard InChI is InChI=1S/C24H24F2N4O2/c1-24(2,19-8-7-17(25)13-20(19)26)30-22(31)14-21(27)15-3-5-16(6-4-15)23(32)29-18-9-11-28-12-10-18/h3-13,21H,14,27H2,1-2H3,(H,30,31)(H,28,29,32). The van der Waals surface area contributed by atoms with Crippen LogP contribution in [0.15, 0.2) is 67.0 Å². The zero-order valence-electron chi connectivity index (χ0n) is 17.7. The van der Waals surface area contributed by atoms with E-state index in [0.717, 1.165) is 12.1 Å². The molecule has 0 aliphatic heterocycles.